The molecule has 2 fully saturated rings. The van der Waals surface area contributed by atoms with Gasteiger partial charge in [-0.3, -0.25) is 9.59 Å². The number of carboxylic acids is 1. The summed E-state index contributed by atoms with van der Waals surface area (Å²) < 4.78 is 0. The Morgan fingerprint density at radius 3 is 2.37 bits per heavy atom. The molecule has 2 amide bonds. The van der Waals surface area contributed by atoms with Crippen LogP contribution in [0, 0.1) is 0 Å². The van der Waals surface area contributed by atoms with E-state index in [1.165, 1.54) is 16.7 Å². The van der Waals surface area contributed by atoms with Gasteiger partial charge in [0, 0.05) is 5.75 Å². The number of hydrogen-bond donors (Lipinski definition) is 2. The van der Waals surface area contributed by atoms with E-state index in [0.717, 1.165) is 5.56 Å². The number of carboxylic acid groups (broad SMARTS) is 1. The predicted molar refractivity (Wildman–Crippen MR) is 101 cm³/mol. The summed E-state index contributed by atoms with van der Waals surface area (Å²) in [7, 11) is 0. The first kappa shape index (κ1) is 17.6. The molecule has 0 unspecified atom stereocenters. The van der Waals surface area contributed by atoms with Crippen LogP contribution in [0.1, 0.15) is 11.1 Å². The second-order valence-electron chi connectivity index (χ2n) is 6.61. The molecule has 138 valence electrons. The van der Waals surface area contributed by atoms with Gasteiger partial charge in [0.05, 0.1) is 12.5 Å². The lowest BCUT2D eigenvalue weighted by Gasteiger charge is -2.48. The van der Waals surface area contributed by atoms with Crippen LogP contribution >= 0.6 is 11.8 Å². The number of fused-ring (bicyclic) bond motifs is 1. The van der Waals surface area contributed by atoms with E-state index >= 15 is 0 Å². The van der Waals surface area contributed by atoms with Gasteiger partial charge in [0.2, 0.25) is 16.7 Å². The molecule has 2 heterocycles. The summed E-state index contributed by atoms with van der Waals surface area (Å²) >= 11 is 1.22. The third-order valence-corrected chi connectivity index (χ3v) is 6.53. The van der Waals surface area contributed by atoms with Gasteiger partial charge in [0.1, 0.15) is 6.04 Å². The Hall–Kier alpha value is -2.80. The van der Waals surface area contributed by atoms with Gasteiger partial charge in [-0.1, -0.05) is 60.7 Å². The summed E-state index contributed by atoms with van der Waals surface area (Å²) in [5.41, 5.74) is 1.43. The van der Waals surface area contributed by atoms with Crippen LogP contribution in [0.15, 0.2) is 60.7 Å². The lowest BCUT2D eigenvalue weighted by Crippen LogP contribution is -2.73. The Bertz CT molecular complexity index is 889. The van der Waals surface area contributed by atoms with Gasteiger partial charge in [0.25, 0.3) is 0 Å². The van der Waals surface area contributed by atoms with E-state index in [9.17, 15) is 19.5 Å². The molecule has 0 radical (unpaired) electrons. The molecule has 2 aromatic carbocycles. The van der Waals surface area contributed by atoms with Gasteiger partial charge in [0.15, 0.2) is 0 Å². The fourth-order valence-corrected chi connectivity index (χ4v) is 5.26. The average molecular weight is 382 g/mol. The second kappa shape index (κ2) is 6.74. The number of carbonyl (C=O) groups excluding carboxylic acids is 2. The largest absolute Gasteiger partial charge is 0.479 e. The number of benzene rings is 2. The monoisotopic (exact) mass is 382 g/mol. The zero-order valence-corrected chi connectivity index (χ0v) is 15.2. The van der Waals surface area contributed by atoms with E-state index in [1.54, 1.807) is 30.3 Å². The number of rotatable bonds is 5. The molecule has 7 heteroatoms. The Morgan fingerprint density at radius 2 is 1.74 bits per heavy atom. The summed E-state index contributed by atoms with van der Waals surface area (Å²) in [6.07, 6.45) is 0.188. The zero-order chi connectivity index (χ0) is 19.0. The van der Waals surface area contributed by atoms with Crippen LogP contribution in [0.25, 0.3) is 0 Å². The van der Waals surface area contributed by atoms with Crippen molar-refractivity contribution in [2.24, 2.45) is 0 Å². The molecule has 0 bridgehead atoms. The SMILES string of the molecule is O=C(Cc1ccccc1)N[C@@H]1C(=O)N2[C@@H]1CS[C@]2(C(=O)O)c1ccccc1. The molecule has 6 nitrogen and oxygen atoms in total. The average Bonchev–Trinajstić information content (AvgIpc) is 3.05. The molecule has 3 atom stereocenters. The Balaban J connectivity index is 1.51. The number of thioether (sulfide) groups is 1. The van der Waals surface area contributed by atoms with Crippen LogP contribution in [0.2, 0.25) is 0 Å². The summed E-state index contributed by atoms with van der Waals surface area (Å²) in [5.74, 6) is -1.19. The first-order chi connectivity index (χ1) is 13.0. The maximum atomic E-state index is 12.8. The van der Waals surface area contributed by atoms with Gasteiger partial charge < -0.3 is 15.3 Å². The fourth-order valence-electron chi connectivity index (χ4n) is 3.72. The standard InChI is InChI=1S/C20H18N2O4S/c23-16(11-13-7-3-1-4-8-13)21-17-15-12-27-20(19(25)26,22(15)18(17)24)14-9-5-2-6-10-14/h1-10,15,17H,11-12H2,(H,21,23)(H,25,26)/t15-,17+,20+/m1/s1. The van der Waals surface area contributed by atoms with Crippen LogP contribution < -0.4 is 5.32 Å². The summed E-state index contributed by atoms with van der Waals surface area (Å²) in [5, 5.41) is 12.7. The number of aliphatic carboxylic acids is 1. The Kier molecular flexibility index (Phi) is 4.39. The molecule has 4 rings (SSSR count). The molecule has 2 aliphatic heterocycles. The molecule has 2 aromatic rings. The van der Waals surface area contributed by atoms with E-state index in [1.807, 2.05) is 30.3 Å². The van der Waals surface area contributed by atoms with Crippen molar-refractivity contribution in [3.8, 4) is 0 Å². The molecule has 0 saturated carbocycles. The number of hydrogen-bond acceptors (Lipinski definition) is 4. The number of carbonyl (C=O) groups is 3. The van der Waals surface area contributed by atoms with Crippen molar-refractivity contribution in [3.63, 3.8) is 0 Å². The maximum absolute atomic E-state index is 12.8. The van der Waals surface area contributed by atoms with Crippen molar-refractivity contribution in [1.82, 2.24) is 10.2 Å². The first-order valence-corrected chi connectivity index (χ1v) is 9.62. The van der Waals surface area contributed by atoms with Gasteiger partial charge in [-0.15, -0.1) is 11.8 Å². The quantitative estimate of drug-likeness (QED) is 0.768. The highest BCUT2D eigenvalue weighted by atomic mass is 32.2. The molecule has 0 spiro atoms. The van der Waals surface area contributed by atoms with Crippen LogP contribution in [0.3, 0.4) is 0 Å². The molecular formula is C20H18N2O4S. The van der Waals surface area contributed by atoms with Crippen LogP contribution in [-0.4, -0.2) is 45.6 Å². The highest BCUT2D eigenvalue weighted by Crippen LogP contribution is 2.52. The van der Waals surface area contributed by atoms with Gasteiger partial charge in [-0.05, 0) is 11.1 Å². The maximum Gasteiger partial charge on any atom is 0.345 e. The first-order valence-electron chi connectivity index (χ1n) is 8.63. The summed E-state index contributed by atoms with van der Waals surface area (Å²) in [6.45, 7) is 0. The van der Waals surface area contributed by atoms with Crippen molar-refractivity contribution in [2.75, 3.05) is 5.75 Å². The van der Waals surface area contributed by atoms with E-state index in [0.29, 0.717) is 11.3 Å². The molecule has 27 heavy (non-hydrogen) atoms. The Morgan fingerprint density at radius 1 is 1.11 bits per heavy atom. The van der Waals surface area contributed by atoms with Crippen LogP contribution in [-0.2, 0) is 25.7 Å². The minimum atomic E-state index is -1.43. The van der Waals surface area contributed by atoms with Crippen molar-refractivity contribution >= 4 is 29.5 Å². The van der Waals surface area contributed by atoms with Crippen molar-refractivity contribution in [3.05, 3.63) is 71.8 Å². The fraction of sp³-hybridized carbons (Fsp3) is 0.250. The number of β-lactam (4-membered cyclic amide) rings is 1. The van der Waals surface area contributed by atoms with Crippen molar-refractivity contribution < 1.29 is 19.5 Å². The molecule has 2 aliphatic rings. The smallest absolute Gasteiger partial charge is 0.345 e. The van der Waals surface area contributed by atoms with Crippen LogP contribution in [0.4, 0.5) is 0 Å². The topological polar surface area (TPSA) is 86.7 Å². The highest BCUT2D eigenvalue weighted by molar-refractivity contribution is 8.01. The minimum Gasteiger partial charge on any atom is -0.479 e. The lowest BCUT2D eigenvalue weighted by atomic mass is 9.90. The summed E-state index contributed by atoms with van der Waals surface area (Å²) in [4.78, 5) is 37.2. The third-order valence-electron chi connectivity index (χ3n) is 5.00. The molecule has 2 N–H and O–H groups in total. The summed E-state index contributed by atoms with van der Waals surface area (Å²) in [6, 6.07) is 17.1. The third kappa shape index (κ3) is 2.78. The van der Waals surface area contributed by atoms with Crippen LogP contribution in [0.5, 0.6) is 0 Å². The minimum absolute atomic E-state index is 0.188. The van der Waals surface area contributed by atoms with Gasteiger partial charge in [-0.2, -0.15) is 0 Å². The zero-order valence-electron chi connectivity index (χ0n) is 14.4. The molecular weight excluding hydrogens is 364 g/mol. The van der Waals surface area contributed by atoms with E-state index in [2.05, 4.69) is 5.32 Å². The normalized spacial score (nSPS) is 26.2. The molecule has 2 saturated heterocycles. The highest BCUT2D eigenvalue weighted by Gasteiger charge is 2.66. The molecule has 0 aliphatic carbocycles. The van der Waals surface area contributed by atoms with E-state index < -0.39 is 16.9 Å². The number of nitrogens with one attached hydrogen (secondary N) is 1. The van der Waals surface area contributed by atoms with E-state index in [-0.39, 0.29) is 24.3 Å². The number of nitrogens with zero attached hydrogens (tertiary/aromatic N) is 1. The number of amides is 2. The second-order valence-corrected chi connectivity index (χ2v) is 7.82. The van der Waals surface area contributed by atoms with Crippen molar-refractivity contribution in [2.45, 2.75) is 23.4 Å². The van der Waals surface area contributed by atoms with Crippen molar-refractivity contribution in [1.29, 1.82) is 0 Å². The Labute approximate surface area is 160 Å². The predicted octanol–water partition coefficient (Wildman–Crippen LogP) is 1.61. The lowest BCUT2D eigenvalue weighted by molar-refractivity contribution is -0.167. The van der Waals surface area contributed by atoms with Gasteiger partial charge >= 0.3 is 5.97 Å². The molecule has 0 aromatic heterocycles. The van der Waals surface area contributed by atoms with Gasteiger partial charge in [-0.25, -0.2) is 4.79 Å². The van der Waals surface area contributed by atoms with E-state index in [4.69, 9.17) is 0 Å².